The van der Waals surface area contributed by atoms with Crippen molar-refractivity contribution in [1.29, 1.82) is 0 Å². The molecule has 0 amide bonds. The summed E-state index contributed by atoms with van der Waals surface area (Å²) in [7, 11) is 0. The fourth-order valence-electron chi connectivity index (χ4n) is 2.52. The van der Waals surface area contributed by atoms with E-state index in [-0.39, 0.29) is 0 Å². The third-order valence-electron chi connectivity index (χ3n) is 3.53. The third kappa shape index (κ3) is 2.68. The zero-order chi connectivity index (χ0) is 13.2. The summed E-state index contributed by atoms with van der Waals surface area (Å²) in [6, 6.07) is 7.77. The van der Waals surface area contributed by atoms with Gasteiger partial charge in [0.15, 0.2) is 0 Å². The second-order valence-corrected chi connectivity index (χ2v) is 5.68. The first-order chi connectivity index (χ1) is 8.45. The average Bonchev–Trinajstić information content (AvgIpc) is 2.21. The molecule has 0 saturated heterocycles. The molecule has 0 unspecified atom stereocenters. The number of isocyanates is 1. The van der Waals surface area contributed by atoms with E-state index in [1.54, 1.807) is 19.9 Å². The van der Waals surface area contributed by atoms with Crippen molar-refractivity contribution in [2.45, 2.75) is 50.7 Å². The van der Waals surface area contributed by atoms with Crippen LogP contribution in [0.25, 0.3) is 0 Å². The molecule has 0 heterocycles. The van der Waals surface area contributed by atoms with Gasteiger partial charge in [-0.15, -0.1) is 0 Å². The molecule has 1 fully saturated rings. The van der Waals surface area contributed by atoms with E-state index in [1.807, 2.05) is 24.3 Å². The predicted molar refractivity (Wildman–Crippen MR) is 69.0 cm³/mol. The molecular formula is C15H18FNO. The minimum Gasteiger partial charge on any atom is -0.244 e. The van der Waals surface area contributed by atoms with Crippen molar-refractivity contribution in [3.8, 4) is 0 Å². The number of hydrogen-bond donors (Lipinski definition) is 0. The number of benzene rings is 1. The molecule has 0 aliphatic heterocycles. The van der Waals surface area contributed by atoms with Crippen molar-refractivity contribution in [2.75, 3.05) is 0 Å². The first-order valence-corrected chi connectivity index (χ1v) is 6.33. The number of rotatable bonds is 4. The molecule has 3 heteroatoms. The lowest BCUT2D eigenvalue weighted by Gasteiger charge is -2.37. The van der Waals surface area contributed by atoms with Gasteiger partial charge in [-0.25, -0.2) is 9.18 Å². The Morgan fingerprint density at radius 1 is 1.44 bits per heavy atom. The van der Waals surface area contributed by atoms with Gasteiger partial charge in [0, 0.05) is 6.42 Å². The molecule has 0 atom stereocenters. The fourth-order valence-corrected chi connectivity index (χ4v) is 2.52. The number of nitrogens with zero attached hydrogens (tertiary/aromatic N) is 1. The van der Waals surface area contributed by atoms with Crippen molar-refractivity contribution in [2.24, 2.45) is 4.99 Å². The maximum Gasteiger partial charge on any atom is 0.235 e. The Labute approximate surface area is 107 Å². The van der Waals surface area contributed by atoms with Crippen LogP contribution in [0, 0.1) is 0 Å². The molecule has 0 N–H and O–H groups in total. The standard InChI is InChI=1S/C15H18FNO/c1-14(2,16)10-12-5-3-6-13(9-12)15(17-11-18)7-4-8-15/h3,5-6,9H,4,7-8,10H2,1-2H3. The highest BCUT2D eigenvalue weighted by atomic mass is 19.1. The molecule has 0 radical (unpaired) electrons. The minimum atomic E-state index is -1.22. The van der Waals surface area contributed by atoms with Crippen molar-refractivity contribution >= 4 is 6.08 Å². The van der Waals surface area contributed by atoms with Crippen molar-refractivity contribution in [3.05, 3.63) is 35.4 Å². The number of alkyl halides is 1. The Balaban J connectivity index is 2.29. The van der Waals surface area contributed by atoms with Gasteiger partial charge in [0.05, 0.1) is 5.54 Å². The van der Waals surface area contributed by atoms with Crippen LogP contribution in [-0.4, -0.2) is 11.7 Å². The number of carbonyl (C=O) groups excluding carboxylic acids is 1. The van der Waals surface area contributed by atoms with Crippen LogP contribution in [0.4, 0.5) is 4.39 Å². The van der Waals surface area contributed by atoms with Crippen molar-refractivity contribution in [3.63, 3.8) is 0 Å². The zero-order valence-corrected chi connectivity index (χ0v) is 10.9. The Hall–Kier alpha value is -1.47. The fraction of sp³-hybridized carbons (Fsp3) is 0.533. The molecule has 0 spiro atoms. The number of aliphatic imine (C=N–C) groups is 1. The molecule has 96 valence electrons. The monoisotopic (exact) mass is 247 g/mol. The van der Waals surface area contributed by atoms with E-state index in [0.717, 1.165) is 30.4 Å². The second-order valence-electron chi connectivity index (χ2n) is 5.68. The maximum absolute atomic E-state index is 13.7. The molecule has 1 aliphatic carbocycles. The maximum atomic E-state index is 13.7. The summed E-state index contributed by atoms with van der Waals surface area (Å²) in [5.41, 5.74) is 0.351. The summed E-state index contributed by atoms with van der Waals surface area (Å²) >= 11 is 0. The summed E-state index contributed by atoms with van der Waals surface area (Å²) in [4.78, 5) is 14.5. The number of hydrogen-bond acceptors (Lipinski definition) is 2. The Morgan fingerprint density at radius 2 is 2.17 bits per heavy atom. The van der Waals surface area contributed by atoms with E-state index in [2.05, 4.69) is 4.99 Å². The quantitative estimate of drug-likeness (QED) is 0.589. The van der Waals surface area contributed by atoms with Crippen LogP contribution >= 0.6 is 0 Å². The minimum absolute atomic E-state index is 0.377. The van der Waals surface area contributed by atoms with Crippen LogP contribution in [0.15, 0.2) is 29.3 Å². The van der Waals surface area contributed by atoms with Crippen LogP contribution in [0.3, 0.4) is 0 Å². The summed E-state index contributed by atoms with van der Waals surface area (Å²) in [6.45, 7) is 3.14. The normalized spacial score (nSPS) is 17.7. The van der Waals surface area contributed by atoms with E-state index in [9.17, 15) is 9.18 Å². The van der Waals surface area contributed by atoms with Gasteiger partial charge in [0.2, 0.25) is 6.08 Å². The van der Waals surface area contributed by atoms with E-state index in [0.29, 0.717) is 6.42 Å². The van der Waals surface area contributed by atoms with Crippen molar-refractivity contribution < 1.29 is 9.18 Å². The molecule has 2 rings (SSSR count). The average molecular weight is 247 g/mol. The first-order valence-electron chi connectivity index (χ1n) is 6.33. The first kappa shape index (κ1) is 13.0. The summed E-state index contributed by atoms with van der Waals surface area (Å²) < 4.78 is 13.7. The van der Waals surface area contributed by atoms with Crippen LogP contribution in [0.1, 0.15) is 44.2 Å². The lowest BCUT2D eigenvalue weighted by Crippen LogP contribution is -2.32. The largest absolute Gasteiger partial charge is 0.244 e. The van der Waals surface area contributed by atoms with E-state index < -0.39 is 11.2 Å². The van der Waals surface area contributed by atoms with E-state index in [4.69, 9.17) is 0 Å². The molecule has 1 aromatic carbocycles. The van der Waals surface area contributed by atoms with Gasteiger partial charge in [-0.1, -0.05) is 24.3 Å². The lowest BCUT2D eigenvalue weighted by atomic mass is 9.72. The predicted octanol–water partition coefficient (Wildman–Crippen LogP) is 3.69. The molecule has 1 aliphatic rings. The molecule has 1 saturated carbocycles. The van der Waals surface area contributed by atoms with Gasteiger partial charge in [-0.3, -0.25) is 0 Å². The Morgan fingerprint density at radius 3 is 2.67 bits per heavy atom. The summed E-state index contributed by atoms with van der Waals surface area (Å²) in [6.07, 6.45) is 4.89. The van der Waals surface area contributed by atoms with E-state index >= 15 is 0 Å². The van der Waals surface area contributed by atoms with Gasteiger partial charge in [0.25, 0.3) is 0 Å². The van der Waals surface area contributed by atoms with Gasteiger partial charge in [-0.2, -0.15) is 4.99 Å². The van der Waals surface area contributed by atoms with E-state index in [1.165, 1.54) is 0 Å². The SMILES string of the molecule is CC(C)(F)Cc1cccc(C2(N=C=O)CCC2)c1. The van der Waals surface area contributed by atoms with Crippen LogP contribution in [0.5, 0.6) is 0 Å². The zero-order valence-electron chi connectivity index (χ0n) is 10.9. The highest BCUT2D eigenvalue weighted by Gasteiger charge is 2.38. The van der Waals surface area contributed by atoms with Gasteiger partial charge >= 0.3 is 0 Å². The third-order valence-corrected chi connectivity index (χ3v) is 3.53. The molecule has 0 aromatic heterocycles. The highest BCUT2D eigenvalue weighted by Crippen LogP contribution is 2.44. The van der Waals surface area contributed by atoms with Gasteiger partial charge in [0.1, 0.15) is 5.67 Å². The van der Waals surface area contributed by atoms with Gasteiger partial charge < -0.3 is 0 Å². The Bertz CT molecular complexity index is 480. The smallest absolute Gasteiger partial charge is 0.235 e. The van der Waals surface area contributed by atoms with Crippen molar-refractivity contribution in [1.82, 2.24) is 0 Å². The second kappa shape index (κ2) is 4.66. The van der Waals surface area contributed by atoms with Gasteiger partial charge in [-0.05, 0) is 44.2 Å². The molecule has 1 aromatic rings. The van der Waals surface area contributed by atoms with Crippen LogP contribution < -0.4 is 0 Å². The molecule has 2 nitrogen and oxygen atoms in total. The summed E-state index contributed by atoms with van der Waals surface area (Å²) in [5.74, 6) is 0. The van der Waals surface area contributed by atoms with Crippen LogP contribution in [-0.2, 0) is 16.8 Å². The molecular weight excluding hydrogens is 229 g/mol. The number of halogens is 1. The highest BCUT2D eigenvalue weighted by molar-refractivity contribution is 5.40. The molecule has 0 bridgehead atoms. The topological polar surface area (TPSA) is 29.4 Å². The summed E-state index contributed by atoms with van der Waals surface area (Å²) in [5, 5.41) is 0. The lowest BCUT2D eigenvalue weighted by molar-refractivity contribution is 0.216. The van der Waals surface area contributed by atoms with Crippen LogP contribution in [0.2, 0.25) is 0 Å². The molecule has 18 heavy (non-hydrogen) atoms. The Kier molecular flexibility index (Phi) is 3.36.